The molecule has 0 spiro atoms. The first-order chi connectivity index (χ1) is 9.17. The number of carbonyl (C=O) groups is 2. The zero-order valence-corrected chi connectivity index (χ0v) is 11.5. The van der Waals surface area contributed by atoms with Crippen LogP contribution in [0.25, 0.3) is 0 Å². The second-order valence-corrected chi connectivity index (χ2v) is 4.24. The summed E-state index contributed by atoms with van der Waals surface area (Å²) >= 11 is 0. The van der Waals surface area contributed by atoms with Gasteiger partial charge in [0, 0.05) is 30.8 Å². The summed E-state index contributed by atoms with van der Waals surface area (Å²) in [6.07, 6.45) is 1.30. The number of amides is 2. The third-order valence-corrected chi connectivity index (χ3v) is 2.55. The maximum Gasteiger partial charge on any atom is 0.251 e. The zero-order valence-electron chi connectivity index (χ0n) is 11.5. The minimum Gasteiger partial charge on any atom is -0.352 e. The quantitative estimate of drug-likeness (QED) is 0.696. The summed E-state index contributed by atoms with van der Waals surface area (Å²) < 4.78 is 0. The lowest BCUT2D eigenvalue weighted by Crippen LogP contribution is -2.24. The van der Waals surface area contributed by atoms with Crippen LogP contribution >= 0.6 is 0 Å². The molecule has 5 nitrogen and oxygen atoms in total. The molecule has 1 rings (SSSR count). The molecule has 19 heavy (non-hydrogen) atoms. The van der Waals surface area contributed by atoms with Gasteiger partial charge in [0.15, 0.2) is 0 Å². The molecule has 0 aliphatic heterocycles. The van der Waals surface area contributed by atoms with Crippen molar-refractivity contribution in [2.24, 2.45) is 0 Å². The van der Waals surface area contributed by atoms with Gasteiger partial charge in [0.05, 0.1) is 0 Å². The summed E-state index contributed by atoms with van der Waals surface area (Å²) in [5.74, 6) is -0.186. The van der Waals surface area contributed by atoms with E-state index in [4.69, 9.17) is 0 Å². The Morgan fingerprint density at radius 1 is 1.21 bits per heavy atom. The zero-order chi connectivity index (χ0) is 14.1. The number of hydrogen-bond donors (Lipinski definition) is 3. The third-order valence-electron chi connectivity index (χ3n) is 2.55. The Labute approximate surface area is 113 Å². The number of carbonyl (C=O) groups excluding carboxylic acids is 2. The Bertz CT molecular complexity index is 432. The number of benzene rings is 1. The van der Waals surface area contributed by atoms with Crippen molar-refractivity contribution in [1.82, 2.24) is 10.6 Å². The van der Waals surface area contributed by atoms with Gasteiger partial charge in [-0.1, -0.05) is 13.0 Å². The molecule has 0 aromatic heterocycles. The predicted octanol–water partition coefficient (Wildman–Crippen LogP) is 1.37. The summed E-state index contributed by atoms with van der Waals surface area (Å²) in [5, 5.41) is 8.48. The Morgan fingerprint density at radius 2 is 2.00 bits per heavy atom. The molecule has 0 bridgehead atoms. The number of rotatable bonds is 7. The van der Waals surface area contributed by atoms with Crippen LogP contribution in [0.15, 0.2) is 24.3 Å². The van der Waals surface area contributed by atoms with E-state index in [0.717, 1.165) is 6.42 Å². The highest BCUT2D eigenvalue weighted by Gasteiger charge is 2.06. The lowest BCUT2D eigenvalue weighted by molar-refractivity contribution is -0.116. The molecular formula is C14H21N3O2. The lowest BCUT2D eigenvalue weighted by Gasteiger charge is -2.08. The van der Waals surface area contributed by atoms with Gasteiger partial charge in [0.1, 0.15) is 0 Å². The minimum atomic E-state index is -0.117. The van der Waals surface area contributed by atoms with Crippen molar-refractivity contribution in [2.45, 2.75) is 19.8 Å². The molecule has 0 atom stereocenters. The molecule has 1 aromatic carbocycles. The van der Waals surface area contributed by atoms with Crippen LogP contribution in [-0.4, -0.2) is 32.0 Å². The maximum absolute atomic E-state index is 11.8. The second-order valence-electron chi connectivity index (χ2n) is 4.24. The van der Waals surface area contributed by atoms with Crippen molar-refractivity contribution < 1.29 is 9.59 Å². The predicted molar refractivity (Wildman–Crippen MR) is 76.2 cm³/mol. The van der Waals surface area contributed by atoms with Gasteiger partial charge in [-0.05, 0) is 31.7 Å². The Balaban J connectivity index is 2.61. The van der Waals surface area contributed by atoms with Gasteiger partial charge in [-0.25, -0.2) is 0 Å². The van der Waals surface area contributed by atoms with Crippen LogP contribution < -0.4 is 16.0 Å². The van der Waals surface area contributed by atoms with E-state index in [0.29, 0.717) is 30.8 Å². The average molecular weight is 263 g/mol. The molecule has 0 heterocycles. The topological polar surface area (TPSA) is 70.2 Å². The average Bonchev–Trinajstić information content (AvgIpc) is 2.42. The van der Waals surface area contributed by atoms with E-state index in [2.05, 4.69) is 16.0 Å². The summed E-state index contributed by atoms with van der Waals surface area (Å²) in [6.45, 7) is 3.28. The molecule has 104 valence electrons. The monoisotopic (exact) mass is 263 g/mol. The fourth-order valence-corrected chi connectivity index (χ4v) is 1.54. The molecule has 0 saturated carbocycles. The molecule has 0 fully saturated rings. The third kappa shape index (κ3) is 5.52. The second kappa shape index (κ2) is 8.26. The van der Waals surface area contributed by atoms with Crippen molar-refractivity contribution >= 4 is 17.5 Å². The fourth-order valence-electron chi connectivity index (χ4n) is 1.54. The minimum absolute atomic E-state index is 0.0690. The van der Waals surface area contributed by atoms with E-state index in [1.165, 1.54) is 0 Å². The van der Waals surface area contributed by atoms with E-state index >= 15 is 0 Å². The van der Waals surface area contributed by atoms with Crippen LogP contribution in [-0.2, 0) is 4.79 Å². The SMILES string of the molecule is CCCNC(=O)c1cccc(NC(=O)CCNC)c1. The van der Waals surface area contributed by atoms with Gasteiger partial charge in [-0.3, -0.25) is 9.59 Å². The van der Waals surface area contributed by atoms with Crippen molar-refractivity contribution in [3.63, 3.8) is 0 Å². The molecule has 0 aliphatic rings. The molecule has 0 aliphatic carbocycles. The van der Waals surface area contributed by atoms with Crippen molar-refractivity contribution in [1.29, 1.82) is 0 Å². The highest BCUT2D eigenvalue weighted by atomic mass is 16.2. The first-order valence-corrected chi connectivity index (χ1v) is 6.50. The standard InChI is InChI=1S/C14H21N3O2/c1-3-8-16-14(19)11-5-4-6-12(10-11)17-13(18)7-9-15-2/h4-6,10,15H,3,7-9H2,1-2H3,(H,16,19)(H,17,18). The van der Waals surface area contributed by atoms with Crippen molar-refractivity contribution in [3.05, 3.63) is 29.8 Å². The number of hydrogen-bond acceptors (Lipinski definition) is 3. The molecule has 0 unspecified atom stereocenters. The van der Waals surface area contributed by atoms with Crippen LogP contribution in [0.1, 0.15) is 30.1 Å². The van der Waals surface area contributed by atoms with E-state index in [9.17, 15) is 9.59 Å². The van der Waals surface area contributed by atoms with E-state index in [1.807, 2.05) is 6.92 Å². The lowest BCUT2D eigenvalue weighted by atomic mass is 10.2. The Kier molecular flexibility index (Phi) is 6.60. The van der Waals surface area contributed by atoms with Gasteiger partial charge in [-0.15, -0.1) is 0 Å². The van der Waals surface area contributed by atoms with Gasteiger partial charge in [0.2, 0.25) is 5.91 Å². The van der Waals surface area contributed by atoms with Crippen LogP contribution in [0.5, 0.6) is 0 Å². The van der Waals surface area contributed by atoms with E-state index in [-0.39, 0.29) is 11.8 Å². The van der Waals surface area contributed by atoms with Gasteiger partial charge < -0.3 is 16.0 Å². The van der Waals surface area contributed by atoms with E-state index in [1.54, 1.807) is 31.3 Å². The number of anilines is 1. The largest absolute Gasteiger partial charge is 0.352 e. The first-order valence-electron chi connectivity index (χ1n) is 6.50. The summed E-state index contributed by atoms with van der Waals surface area (Å²) in [6, 6.07) is 6.94. The molecule has 3 N–H and O–H groups in total. The van der Waals surface area contributed by atoms with Gasteiger partial charge >= 0.3 is 0 Å². The molecule has 1 aromatic rings. The van der Waals surface area contributed by atoms with Crippen molar-refractivity contribution in [2.75, 3.05) is 25.5 Å². The molecule has 5 heteroatoms. The smallest absolute Gasteiger partial charge is 0.251 e. The van der Waals surface area contributed by atoms with E-state index < -0.39 is 0 Å². The van der Waals surface area contributed by atoms with Crippen LogP contribution in [0, 0.1) is 0 Å². The first kappa shape index (κ1) is 15.2. The molecule has 2 amide bonds. The van der Waals surface area contributed by atoms with Crippen LogP contribution in [0.3, 0.4) is 0 Å². The van der Waals surface area contributed by atoms with Crippen LogP contribution in [0.2, 0.25) is 0 Å². The summed E-state index contributed by atoms with van der Waals surface area (Å²) in [4.78, 5) is 23.4. The Morgan fingerprint density at radius 3 is 2.68 bits per heavy atom. The fraction of sp³-hybridized carbons (Fsp3) is 0.429. The summed E-state index contributed by atoms with van der Waals surface area (Å²) in [7, 11) is 1.80. The van der Waals surface area contributed by atoms with Crippen molar-refractivity contribution in [3.8, 4) is 0 Å². The number of nitrogens with one attached hydrogen (secondary N) is 3. The molecule has 0 radical (unpaired) electrons. The van der Waals surface area contributed by atoms with Crippen LogP contribution in [0.4, 0.5) is 5.69 Å². The molecular weight excluding hydrogens is 242 g/mol. The highest BCUT2D eigenvalue weighted by Crippen LogP contribution is 2.11. The summed E-state index contributed by atoms with van der Waals surface area (Å²) in [5.41, 5.74) is 1.20. The molecule has 0 saturated heterocycles. The maximum atomic E-state index is 11.8. The highest BCUT2D eigenvalue weighted by molar-refractivity contribution is 5.97. The normalized spacial score (nSPS) is 10.0. The Hall–Kier alpha value is -1.88. The van der Waals surface area contributed by atoms with Gasteiger partial charge in [-0.2, -0.15) is 0 Å². The van der Waals surface area contributed by atoms with Gasteiger partial charge in [0.25, 0.3) is 5.91 Å².